The molecule has 2 saturated heterocycles. The van der Waals surface area contributed by atoms with Gasteiger partial charge in [-0.2, -0.15) is 0 Å². The fraction of sp³-hybridized carbons (Fsp3) is 0.519. The van der Waals surface area contributed by atoms with Crippen LogP contribution >= 0.6 is 0 Å². The van der Waals surface area contributed by atoms with Crippen molar-refractivity contribution < 1.29 is 9.53 Å². The number of carbonyl (C=O) groups is 1. The standard InChI is InChI=1S/C27H34N4O2/c1-27(2)19-21(14-18-33-27)26(32)30-16-12-22(13-17-30)31-24(11-10-20-7-4-3-5-8-20)29-23-9-6-15-28-25(23)31/h3-9,15,21-22H,10-14,16-19H2,1-2H3/t21-/m1/s1. The number of imidazole rings is 1. The van der Waals surface area contributed by atoms with Crippen LogP contribution in [-0.4, -0.2) is 50.6 Å². The molecule has 6 nitrogen and oxygen atoms in total. The van der Waals surface area contributed by atoms with Crippen LogP contribution in [0.2, 0.25) is 0 Å². The Morgan fingerprint density at radius 1 is 1.06 bits per heavy atom. The fourth-order valence-electron chi connectivity index (χ4n) is 5.48. The second kappa shape index (κ2) is 9.26. The number of pyridine rings is 1. The van der Waals surface area contributed by atoms with E-state index in [4.69, 9.17) is 9.72 Å². The summed E-state index contributed by atoms with van der Waals surface area (Å²) in [6.07, 6.45) is 7.23. The summed E-state index contributed by atoms with van der Waals surface area (Å²) in [6, 6.07) is 14.9. The van der Waals surface area contributed by atoms with Crippen molar-refractivity contribution in [2.45, 2.75) is 64.0 Å². The van der Waals surface area contributed by atoms with E-state index in [0.29, 0.717) is 18.6 Å². The van der Waals surface area contributed by atoms with Gasteiger partial charge < -0.3 is 14.2 Å². The highest BCUT2D eigenvalue weighted by Gasteiger charge is 2.36. The number of fused-ring (bicyclic) bond motifs is 1. The van der Waals surface area contributed by atoms with E-state index >= 15 is 0 Å². The Morgan fingerprint density at radius 2 is 1.85 bits per heavy atom. The maximum absolute atomic E-state index is 13.2. The normalized spacial score (nSPS) is 21.4. The third kappa shape index (κ3) is 4.81. The van der Waals surface area contributed by atoms with Crippen molar-refractivity contribution in [3.05, 3.63) is 60.0 Å². The van der Waals surface area contributed by atoms with E-state index in [9.17, 15) is 4.79 Å². The van der Waals surface area contributed by atoms with Gasteiger partial charge in [0.2, 0.25) is 5.91 Å². The van der Waals surface area contributed by atoms with Crippen molar-refractivity contribution in [1.29, 1.82) is 0 Å². The van der Waals surface area contributed by atoms with Gasteiger partial charge in [-0.1, -0.05) is 30.3 Å². The predicted octanol–water partition coefficient (Wildman–Crippen LogP) is 4.59. The van der Waals surface area contributed by atoms with E-state index in [2.05, 4.69) is 64.7 Å². The molecule has 0 saturated carbocycles. The first kappa shape index (κ1) is 22.1. The Labute approximate surface area is 196 Å². The Bertz CT molecular complexity index is 1100. The lowest BCUT2D eigenvalue weighted by atomic mass is 9.87. The zero-order valence-electron chi connectivity index (χ0n) is 19.7. The second-order valence-electron chi connectivity index (χ2n) is 10.1. The van der Waals surface area contributed by atoms with Crippen LogP contribution < -0.4 is 0 Å². The fourth-order valence-corrected chi connectivity index (χ4v) is 5.48. The van der Waals surface area contributed by atoms with E-state index in [1.54, 1.807) is 0 Å². The van der Waals surface area contributed by atoms with Gasteiger partial charge in [-0.05, 0) is 63.6 Å². The minimum Gasteiger partial charge on any atom is -0.376 e. The van der Waals surface area contributed by atoms with E-state index in [-0.39, 0.29) is 11.5 Å². The summed E-state index contributed by atoms with van der Waals surface area (Å²) < 4.78 is 8.18. The molecule has 0 unspecified atom stereocenters. The average Bonchev–Trinajstić information content (AvgIpc) is 3.21. The number of aromatic nitrogens is 3. The maximum atomic E-state index is 13.2. The van der Waals surface area contributed by atoms with Crippen LogP contribution in [0.1, 0.15) is 57.0 Å². The summed E-state index contributed by atoms with van der Waals surface area (Å²) in [5, 5.41) is 0. The van der Waals surface area contributed by atoms with Gasteiger partial charge in [0.05, 0.1) is 5.60 Å². The smallest absolute Gasteiger partial charge is 0.225 e. The highest BCUT2D eigenvalue weighted by Crippen LogP contribution is 2.33. The van der Waals surface area contributed by atoms with E-state index in [1.807, 2.05) is 12.3 Å². The molecule has 3 aromatic rings. The van der Waals surface area contributed by atoms with Gasteiger partial charge in [0.1, 0.15) is 11.3 Å². The van der Waals surface area contributed by atoms with Crippen molar-refractivity contribution in [3.8, 4) is 0 Å². The molecule has 2 aliphatic heterocycles. The van der Waals surface area contributed by atoms with Crippen molar-refractivity contribution in [2.75, 3.05) is 19.7 Å². The summed E-state index contributed by atoms with van der Waals surface area (Å²) >= 11 is 0. The molecule has 0 bridgehead atoms. The molecule has 1 atom stereocenters. The average molecular weight is 447 g/mol. The van der Waals surface area contributed by atoms with Crippen LogP contribution in [0, 0.1) is 5.92 Å². The summed E-state index contributed by atoms with van der Waals surface area (Å²) in [4.78, 5) is 24.9. The molecule has 4 heterocycles. The Kier molecular flexibility index (Phi) is 6.19. The van der Waals surface area contributed by atoms with Crippen LogP contribution in [-0.2, 0) is 22.4 Å². The van der Waals surface area contributed by atoms with Crippen LogP contribution in [0.3, 0.4) is 0 Å². The summed E-state index contributed by atoms with van der Waals surface area (Å²) in [6.45, 7) is 6.45. The number of likely N-dealkylation sites (tertiary alicyclic amines) is 1. The number of hydrogen-bond acceptors (Lipinski definition) is 4. The van der Waals surface area contributed by atoms with Gasteiger partial charge in [0.25, 0.3) is 0 Å². The molecule has 1 amide bonds. The van der Waals surface area contributed by atoms with Crippen LogP contribution in [0.5, 0.6) is 0 Å². The monoisotopic (exact) mass is 446 g/mol. The molecule has 2 aromatic heterocycles. The first-order valence-electron chi connectivity index (χ1n) is 12.3. The summed E-state index contributed by atoms with van der Waals surface area (Å²) in [5.41, 5.74) is 3.05. The highest BCUT2D eigenvalue weighted by atomic mass is 16.5. The number of carbonyl (C=O) groups excluding carboxylic acids is 1. The predicted molar refractivity (Wildman–Crippen MR) is 129 cm³/mol. The Balaban J connectivity index is 1.30. The van der Waals surface area contributed by atoms with E-state index in [0.717, 1.165) is 68.6 Å². The number of nitrogens with zero attached hydrogens (tertiary/aromatic N) is 4. The molecule has 1 aromatic carbocycles. The summed E-state index contributed by atoms with van der Waals surface area (Å²) in [7, 11) is 0. The number of piperidine rings is 1. The Hall–Kier alpha value is -2.73. The zero-order chi connectivity index (χ0) is 22.8. The van der Waals surface area contributed by atoms with Crippen molar-refractivity contribution in [1.82, 2.24) is 19.4 Å². The topological polar surface area (TPSA) is 60.2 Å². The van der Waals surface area contributed by atoms with Crippen LogP contribution in [0.25, 0.3) is 11.2 Å². The van der Waals surface area contributed by atoms with Crippen LogP contribution in [0.15, 0.2) is 48.7 Å². The second-order valence-corrected chi connectivity index (χ2v) is 10.1. The number of aryl methyl sites for hydroxylation is 2. The molecule has 0 radical (unpaired) electrons. The first-order chi connectivity index (χ1) is 16.0. The zero-order valence-corrected chi connectivity index (χ0v) is 19.7. The van der Waals surface area contributed by atoms with Gasteiger partial charge in [0.15, 0.2) is 5.65 Å². The molecular formula is C27H34N4O2. The molecule has 33 heavy (non-hydrogen) atoms. The van der Waals surface area contributed by atoms with Gasteiger partial charge in [-0.25, -0.2) is 9.97 Å². The summed E-state index contributed by atoms with van der Waals surface area (Å²) in [5.74, 6) is 1.49. The minimum absolute atomic E-state index is 0.0856. The number of hydrogen-bond donors (Lipinski definition) is 0. The molecule has 6 heteroatoms. The number of ether oxygens (including phenoxy) is 1. The van der Waals surface area contributed by atoms with Crippen LogP contribution in [0.4, 0.5) is 0 Å². The third-order valence-electron chi connectivity index (χ3n) is 7.19. The molecule has 0 N–H and O–H groups in total. The number of rotatable bonds is 5. The molecule has 0 aliphatic carbocycles. The lowest BCUT2D eigenvalue weighted by Gasteiger charge is -2.39. The molecule has 5 rings (SSSR count). The molecule has 0 spiro atoms. The molecule has 2 fully saturated rings. The lowest BCUT2D eigenvalue weighted by Crippen LogP contribution is -2.46. The van der Waals surface area contributed by atoms with E-state index in [1.165, 1.54) is 5.56 Å². The Morgan fingerprint density at radius 3 is 2.61 bits per heavy atom. The van der Waals surface area contributed by atoms with Gasteiger partial charge >= 0.3 is 0 Å². The third-order valence-corrected chi connectivity index (χ3v) is 7.19. The molecule has 174 valence electrons. The van der Waals surface area contributed by atoms with Crippen molar-refractivity contribution >= 4 is 17.1 Å². The van der Waals surface area contributed by atoms with E-state index < -0.39 is 0 Å². The quantitative estimate of drug-likeness (QED) is 0.575. The lowest BCUT2D eigenvalue weighted by molar-refractivity contribution is -0.146. The van der Waals surface area contributed by atoms with Gasteiger partial charge in [-0.15, -0.1) is 0 Å². The molecule has 2 aliphatic rings. The first-order valence-corrected chi connectivity index (χ1v) is 12.3. The van der Waals surface area contributed by atoms with Crippen molar-refractivity contribution in [3.63, 3.8) is 0 Å². The maximum Gasteiger partial charge on any atom is 0.225 e. The number of amides is 1. The SMILES string of the molecule is CC1(C)C[C@H](C(=O)N2CCC(n3c(CCc4ccccc4)nc4cccnc43)CC2)CCO1. The highest BCUT2D eigenvalue weighted by molar-refractivity contribution is 5.79. The van der Waals surface area contributed by atoms with Crippen molar-refractivity contribution in [2.24, 2.45) is 5.92 Å². The van der Waals surface area contributed by atoms with Gasteiger partial charge in [0, 0.05) is 44.3 Å². The number of benzene rings is 1. The van der Waals surface area contributed by atoms with Gasteiger partial charge in [-0.3, -0.25) is 4.79 Å². The minimum atomic E-state index is -0.202. The largest absolute Gasteiger partial charge is 0.376 e. The molecular weight excluding hydrogens is 412 g/mol.